The molecule has 0 bridgehead atoms. The minimum atomic E-state index is 0.243. The lowest BCUT2D eigenvalue weighted by molar-refractivity contribution is 0.121. The van der Waals surface area contributed by atoms with Crippen molar-refractivity contribution >= 4 is 0 Å². The second-order valence-electron chi connectivity index (χ2n) is 6.73. The Bertz CT molecular complexity index is 228. The van der Waals surface area contributed by atoms with E-state index in [-0.39, 0.29) is 5.41 Å². The summed E-state index contributed by atoms with van der Waals surface area (Å²) in [5.41, 5.74) is 6.14. The van der Waals surface area contributed by atoms with Crippen LogP contribution in [0.15, 0.2) is 0 Å². The molecule has 1 fully saturated rings. The molecule has 1 unspecified atom stereocenters. The summed E-state index contributed by atoms with van der Waals surface area (Å²) < 4.78 is 0. The molecule has 1 atom stereocenters. The van der Waals surface area contributed by atoms with Gasteiger partial charge in [-0.15, -0.1) is 0 Å². The number of likely N-dealkylation sites (tertiary alicyclic amines) is 1. The molecule has 18 heavy (non-hydrogen) atoms. The lowest BCUT2D eigenvalue weighted by Gasteiger charge is -2.37. The van der Waals surface area contributed by atoms with E-state index in [1.165, 1.54) is 45.3 Å². The van der Waals surface area contributed by atoms with E-state index in [2.05, 4.69) is 37.6 Å². The highest BCUT2D eigenvalue weighted by atomic mass is 15.2. The summed E-state index contributed by atoms with van der Waals surface area (Å²) in [6.45, 7) is 12.5. The van der Waals surface area contributed by atoms with E-state index in [1.807, 2.05) is 0 Å². The Kier molecular flexibility index (Phi) is 6.61. The maximum atomic E-state index is 5.90. The van der Waals surface area contributed by atoms with Gasteiger partial charge in [-0.1, -0.05) is 20.8 Å². The van der Waals surface area contributed by atoms with Crippen molar-refractivity contribution in [1.29, 1.82) is 0 Å². The van der Waals surface area contributed by atoms with Crippen LogP contribution in [0.2, 0.25) is 0 Å². The Morgan fingerprint density at radius 3 is 2.61 bits per heavy atom. The van der Waals surface area contributed by atoms with Gasteiger partial charge in [0.15, 0.2) is 0 Å². The van der Waals surface area contributed by atoms with Gasteiger partial charge in [0.25, 0.3) is 0 Å². The van der Waals surface area contributed by atoms with Gasteiger partial charge in [0.05, 0.1) is 0 Å². The van der Waals surface area contributed by atoms with Crippen molar-refractivity contribution in [2.24, 2.45) is 11.1 Å². The average molecular weight is 255 g/mol. The number of nitrogens with two attached hydrogens (primary N) is 1. The van der Waals surface area contributed by atoms with Crippen LogP contribution in [0.1, 0.15) is 46.5 Å². The fourth-order valence-corrected chi connectivity index (χ4v) is 2.88. The predicted octanol–water partition coefficient (Wildman–Crippen LogP) is 2.17. The molecular weight excluding hydrogens is 222 g/mol. The van der Waals surface area contributed by atoms with Gasteiger partial charge in [-0.25, -0.2) is 0 Å². The van der Waals surface area contributed by atoms with Crippen LogP contribution in [0.3, 0.4) is 0 Å². The zero-order chi connectivity index (χ0) is 13.6. The molecule has 1 rings (SSSR count). The zero-order valence-corrected chi connectivity index (χ0v) is 12.9. The first-order valence-electron chi connectivity index (χ1n) is 7.61. The van der Waals surface area contributed by atoms with E-state index in [9.17, 15) is 0 Å². The number of hydrogen-bond donors (Lipinski definition) is 1. The van der Waals surface area contributed by atoms with Crippen LogP contribution in [-0.4, -0.2) is 55.6 Å². The number of nitrogens with zero attached hydrogens (tertiary/aromatic N) is 2. The molecule has 0 aromatic heterocycles. The van der Waals surface area contributed by atoms with Gasteiger partial charge in [0.1, 0.15) is 0 Å². The van der Waals surface area contributed by atoms with E-state index < -0.39 is 0 Å². The molecule has 1 aliphatic heterocycles. The van der Waals surface area contributed by atoms with Crippen molar-refractivity contribution in [2.75, 3.05) is 39.8 Å². The molecule has 0 radical (unpaired) electrons. The molecule has 0 aliphatic carbocycles. The summed E-state index contributed by atoms with van der Waals surface area (Å²) in [4.78, 5) is 5.17. The monoisotopic (exact) mass is 255 g/mol. The normalized spacial score (nSPS) is 23.3. The fraction of sp³-hybridized carbons (Fsp3) is 1.00. The minimum absolute atomic E-state index is 0.243. The standard InChI is InChI=1S/C15H33N3/c1-5-9-18(13-15(2,3)12-16)14-7-6-10-17(4)11-8-14/h14H,5-13,16H2,1-4H3. The Morgan fingerprint density at radius 1 is 1.28 bits per heavy atom. The first-order valence-corrected chi connectivity index (χ1v) is 7.61. The summed E-state index contributed by atoms with van der Waals surface area (Å²) in [6.07, 6.45) is 5.25. The molecular formula is C15H33N3. The Labute approximate surface area is 114 Å². The van der Waals surface area contributed by atoms with Gasteiger partial charge in [-0.3, -0.25) is 4.90 Å². The lowest BCUT2D eigenvalue weighted by Crippen LogP contribution is -2.44. The summed E-state index contributed by atoms with van der Waals surface area (Å²) in [7, 11) is 2.25. The van der Waals surface area contributed by atoms with Gasteiger partial charge in [0.2, 0.25) is 0 Å². The average Bonchev–Trinajstić information content (AvgIpc) is 2.53. The van der Waals surface area contributed by atoms with E-state index in [4.69, 9.17) is 5.73 Å². The molecule has 0 aromatic carbocycles. The third-order valence-corrected chi connectivity index (χ3v) is 4.13. The van der Waals surface area contributed by atoms with Gasteiger partial charge < -0.3 is 10.6 Å². The fourth-order valence-electron chi connectivity index (χ4n) is 2.88. The van der Waals surface area contributed by atoms with Crippen LogP contribution >= 0.6 is 0 Å². The SMILES string of the molecule is CCCN(CC(C)(C)CN)C1CCCN(C)CC1. The molecule has 3 heteroatoms. The second-order valence-corrected chi connectivity index (χ2v) is 6.73. The number of hydrogen-bond acceptors (Lipinski definition) is 3. The molecule has 0 aromatic rings. The first kappa shape index (κ1) is 15.9. The van der Waals surface area contributed by atoms with Crippen molar-refractivity contribution in [2.45, 2.75) is 52.5 Å². The molecule has 1 aliphatic rings. The highest BCUT2D eigenvalue weighted by Gasteiger charge is 2.26. The highest BCUT2D eigenvalue weighted by molar-refractivity contribution is 4.82. The Balaban J connectivity index is 2.59. The quantitative estimate of drug-likeness (QED) is 0.789. The summed E-state index contributed by atoms with van der Waals surface area (Å²) in [5, 5.41) is 0. The smallest absolute Gasteiger partial charge is 0.0108 e. The molecule has 3 nitrogen and oxygen atoms in total. The third kappa shape index (κ3) is 5.25. The van der Waals surface area contributed by atoms with Crippen LogP contribution in [0.4, 0.5) is 0 Å². The zero-order valence-electron chi connectivity index (χ0n) is 12.9. The van der Waals surface area contributed by atoms with Crippen molar-refractivity contribution < 1.29 is 0 Å². The summed E-state index contributed by atoms with van der Waals surface area (Å²) >= 11 is 0. The topological polar surface area (TPSA) is 32.5 Å². The van der Waals surface area contributed by atoms with Crippen molar-refractivity contribution in [3.8, 4) is 0 Å². The van der Waals surface area contributed by atoms with Crippen molar-refractivity contribution in [1.82, 2.24) is 9.80 Å². The minimum Gasteiger partial charge on any atom is -0.330 e. The molecule has 1 saturated heterocycles. The molecule has 2 N–H and O–H groups in total. The molecule has 0 amide bonds. The van der Waals surface area contributed by atoms with Crippen LogP contribution < -0.4 is 5.73 Å². The lowest BCUT2D eigenvalue weighted by atomic mass is 9.91. The van der Waals surface area contributed by atoms with Crippen molar-refractivity contribution in [3.05, 3.63) is 0 Å². The van der Waals surface area contributed by atoms with E-state index in [0.29, 0.717) is 0 Å². The maximum absolute atomic E-state index is 5.90. The Hall–Kier alpha value is -0.120. The third-order valence-electron chi connectivity index (χ3n) is 4.13. The van der Waals surface area contributed by atoms with Gasteiger partial charge in [-0.05, 0) is 64.3 Å². The maximum Gasteiger partial charge on any atom is 0.0108 e. The molecule has 1 heterocycles. The van der Waals surface area contributed by atoms with Crippen LogP contribution in [-0.2, 0) is 0 Å². The first-order chi connectivity index (χ1) is 8.48. The van der Waals surface area contributed by atoms with Crippen LogP contribution in [0.5, 0.6) is 0 Å². The highest BCUT2D eigenvalue weighted by Crippen LogP contribution is 2.22. The van der Waals surface area contributed by atoms with Crippen LogP contribution in [0, 0.1) is 5.41 Å². The van der Waals surface area contributed by atoms with Crippen molar-refractivity contribution in [3.63, 3.8) is 0 Å². The summed E-state index contributed by atoms with van der Waals surface area (Å²) in [5.74, 6) is 0. The summed E-state index contributed by atoms with van der Waals surface area (Å²) in [6, 6.07) is 0.765. The molecule has 0 spiro atoms. The van der Waals surface area contributed by atoms with E-state index in [0.717, 1.165) is 19.1 Å². The van der Waals surface area contributed by atoms with Gasteiger partial charge in [0, 0.05) is 12.6 Å². The largest absolute Gasteiger partial charge is 0.330 e. The second kappa shape index (κ2) is 7.46. The van der Waals surface area contributed by atoms with Crippen LogP contribution in [0.25, 0.3) is 0 Å². The predicted molar refractivity (Wildman–Crippen MR) is 79.8 cm³/mol. The van der Waals surface area contributed by atoms with Gasteiger partial charge >= 0.3 is 0 Å². The van der Waals surface area contributed by atoms with E-state index in [1.54, 1.807) is 0 Å². The molecule has 108 valence electrons. The molecule has 0 saturated carbocycles. The van der Waals surface area contributed by atoms with E-state index >= 15 is 0 Å². The number of rotatable bonds is 6. The van der Waals surface area contributed by atoms with Gasteiger partial charge in [-0.2, -0.15) is 0 Å². The Morgan fingerprint density at radius 2 is 2.00 bits per heavy atom.